The first kappa shape index (κ1) is 9.99. The second kappa shape index (κ2) is 4.23. The summed E-state index contributed by atoms with van der Waals surface area (Å²) in [5.74, 6) is 0.0617. The number of rotatable bonds is 5. The molecule has 0 aliphatic heterocycles. The van der Waals surface area contributed by atoms with Crippen molar-refractivity contribution in [3.05, 3.63) is 0 Å². The first-order chi connectivity index (χ1) is 5.72. The number of carbonyl (C=O) groups excluding carboxylic acids is 1. The fraction of sp³-hybridized carbons (Fsp3) is 0.875. The number of hydrogen-bond donors (Lipinski definition) is 2. The van der Waals surface area contributed by atoms with E-state index in [-0.39, 0.29) is 17.9 Å². The minimum atomic E-state index is 0.0297. The zero-order valence-electron chi connectivity index (χ0n) is 6.98. The van der Waals surface area contributed by atoms with Gasteiger partial charge in [-0.1, -0.05) is 15.9 Å². The summed E-state index contributed by atoms with van der Waals surface area (Å²) in [4.78, 5) is 11.0. The van der Waals surface area contributed by atoms with Crippen molar-refractivity contribution < 1.29 is 9.90 Å². The highest BCUT2D eigenvalue weighted by Gasteiger charge is 2.41. The van der Waals surface area contributed by atoms with Crippen LogP contribution in [-0.2, 0) is 4.79 Å². The highest BCUT2D eigenvalue weighted by molar-refractivity contribution is 9.09. The van der Waals surface area contributed by atoms with E-state index >= 15 is 0 Å². The molecule has 1 saturated carbocycles. The number of hydrogen-bond acceptors (Lipinski definition) is 2. The van der Waals surface area contributed by atoms with E-state index in [0.717, 1.165) is 12.8 Å². The Morgan fingerprint density at radius 1 is 1.58 bits per heavy atom. The third-order valence-corrected chi connectivity index (χ3v) is 2.67. The smallest absolute Gasteiger partial charge is 0.220 e. The zero-order chi connectivity index (χ0) is 9.03. The van der Waals surface area contributed by atoms with Crippen LogP contribution in [0.1, 0.15) is 19.3 Å². The molecule has 0 aromatic heterocycles. The monoisotopic (exact) mass is 235 g/mol. The van der Waals surface area contributed by atoms with Crippen molar-refractivity contribution >= 4 is 21.8 Å². The Bertz CT molecular complexity index is 168. The van der Waals surface area contributed by atoms with E-state index in [1.165, 1.54) is 0 Å². The zero-order valence-corrected chi connectivity index (χ0v) is 8.56. The van der Waals surface area contributed by atoms with Crippen LogP contribution in [0.25, 0.3) is 0 Å². The summed E-state index contributed by atoms with van der Waals surface area (Å²) in [6, 6.07) is 0. The SMILES string of the molecule is O=C(CCBr)NCC1(CO)CC1. The maximum absolute atomic E-state index is 11.0. The van der Waals surface area contributed by atoms with Crippen LogP contribution in [0.2, 0.25) is 0 Å². The molecule has 1 rings (SSSR count). The number of aliphatic hydroxyl groups excluding tert-OH is 1. The first-order valence-corrected chi connectivity index (χ1v) is 5.28. The molecule has 0 unspecified atom stereocenters. The number of halogens is 1. The van der Waals surface area contributed by atoms with E-state index in [0.29, 0.717) is 18.3 Å². The summed E-state index contributed by atoms with van der Waals surface area (Å²) in [6.07, 6.45) is 2.59. The van der Waals surface area contributed by atoms with Crippen molar-refractivity contribution in [3.8, 4) is 0 Å². The van der Waals surface area contributed by atoms with Gasteiger partial charge in [-0.3, -0.25) is 4.79 Å². The lowest BCUT2D eigenvalue weighted by Gasteiger charge is -2.11. The molecular weight excluding hydrogens is 222 g/mol. The molecule has 0 heterocycles. The van der Waals surface area contributed by atoms with Gasteiger partial charge in [-0.15, -0.1) is 0 Å². The number of carbonyl (C=O) groups is 1. The Morgan fingerprint density at radius 2 is 2.25 bits per heavy atom. The normalized spacial score (nSPS) is 18.8. The van der Waals surface area contributed by atoms with Gasteiger partial charge in [0.2, 0.25) is 5.91 Å². The first-order valence-electron chi connectivity index (χ1n) is 4.16. The van der Waals surface area contributed by atoms with Gasteiger partial charge in [-0.2, -0.15) is 0 Å². The van der Waals surface area contributed by atoms with Gasteiger partial charge >= 0.3 is 0 Å². The van der Waals surface area contributed by atoms with Gasteiger partial charge in [-0.25, -0.2) is 0 Å². The molecule has 1 fully saturated rings. The lowest BCUT2D eigenvalue weighted by molar-refractivity contribution is -0.120. The Hall–Kier alpha value is -0.0900. The minimum Gasteiger partial charge on any atom is -0.396 e. The summed E-state index contributed by atoms with van der Waals surface area (Å²) >= 11 is 3.19. The van der Waals surface area contributed by atoms with Crippen molar-refractivity contribution in [1.82, 2.24) is 5.32 Å². The molecule has 1 aliphatic rings. The molecule has 0 aromatic carbocycles. The molecular formula is C8H14BrNO2. The average Bonchev–Trinajstić information content (AvgIpc) is 2.82. The van der Waals surface area contributed by atoms with Crippen LogP contribution in [0.4, 0.5) is 0 Å². The van der Waals surface area contributed by atoms with Gasteiger partial charge in [0.25, 0.3) is 0 Å². The number of aliphatic hydroxyl groups is 1. The van der Waals surface area contributed by atoms with E-state index in [1.807, 2.05) is 0 Å². The van der Waals surface area contributed by atoms with Crippen molar-refractivity contribution in [1.29, 1.82) is 0 Å². The molecule has 0 spiro atoms. The lowest BCUT2D eigenvalue weighted by atomic mass is 10.1. The van der Waals surface area contributed by atoms with E-state index in [2.05, 4.69) is 21.2 Å². The van der Waals surface area contributed by atoms with Crippen molar-refractivity contribution in [2.75, 3.05) is 18.5 Å². The predicted octanol–water partition coefficient (Wildman–Crippen LogP) is 0.660. The Morgan fingerprint density at radius 3 is 2.67 bits per heavy atom. The van der Waals surface area contributed by atoms with Crippen LogP contribution >= 0.6 is 15.9 Å². The van der Waals surface area contributed by atoms with Crippen molar-refractivity contribution in [3.63, 3.8) is 0 Å². The molecule has 4 heteroatoms. The number of alkyl halides is 1. The highest BCUT2D eigenvalue weighted by atomic mass is 79.9. The Labute approximate surface area is 80.7 Å². The quantitative estimate of drug-likeness (QED) is 0.689. The third-order valence-electron chi connectivity index (χ3n) is 2.27. The molecule has 0 bridgehead atoms. The second-order valence-electron chi connectivity index (χ2n) is 3.37. The van der Waals surface area contributed by atoms with Gasteiger partial charge < -0.3 is 10.4 Å². The average molecular weight is 236 g/mol. The van der Waals surface area contributed by atoms with Crippen LogP contribution in [0.5, 0.6) is 0 Å². The molecule has 0 radical (unpaired) electrons. The molecule has 2 N–H and O–H groups in total. The van der Waals surface area contributed by atoms with Crippen molar-refractivity contribution in [2.45, 2.75) is 19.3 Å². The van der Waals surface area contributed by atoms with Gasteiger partial charge in [0, 0.05) is 23.7 Å². The molecule has 70 valence electrons. The predicted molar refractivity (Wildman–Crippen MR) is 50.2 cm³/mol. The van der Waals surface area contributed by atoms with E-state index in [9.17, 15) is 4.79 Å². The summed E-state index contributed by atoms with van der Waals surface area (Å²) in [7, 11) is 0. The fourth-order valence-electron chi connectivity index (χ4n) is 1.03. The lowest BCUT2D eigenvalue weighted by Crippen LogP contribution is -2.31. The maximum atomic E-state index is 11.0. The van der Waals surface area contributed by atoms with E-state index < -0.39 is 0 Å². The number of amides is 1. The fourth-order valence-corrected chi connectivity index (χ4v) is 1.39. The standard InChI is InChI=1S/C8H14BrNO2/c9-4-1-7(12)10-5-8(6-11)2-3-8/h11H,1-6H2,(H,10,12). The summed E-state index contributed by atoms with van der Waals surface area (Å²) in [5.41, 5.74) is 0.0297. The van der Waals surface area contributed by atoms with Crippen LogP contribution < -0.4 is 5.32 Å². The van der Waals surface area contributed by atoms with Crippen LogP contribution in [-0.4, -0.2) is 29.5 Å². The van der Waals surface area contributed by atoms with Gasteiger partial charge in [0.1, 0.15) is 0 Å². The van der Waals surface area contributed by atoms with Gasteiger partial charge in [-0.05, 0) is 12.8 Å². The van der Waals surface area contributed by atoms with Crippen LogP contribution in [0, 0.1) is 5.41 Å². The number of nitrogens with one attached hydrogen (secondary N) is 1. The molecule has 1 aliphatic carbocycles. The Balaban J connectivity index is 2.12. The molecule has 0 saturated heterocycles. The van der Waals surface area contributed by atoms with Gasteiger partial charge in [0.05, 0.1) is 6.61 Å². The molecule has 12 heavy (non-hydrogen) atoms. The van der Waals surface area contributed by atoms with Crippen molar-refractivity contribution in [2.24, 2.45) is 5.41 Å². The second-order valence-corrected chi connectivity index (χ2v) is 4.17. The van der Waals surface area contributed by atoms with E-state index in [4.69, 9.17) is 5.11 Å². The summed E-state index contributed by atoms with van der Waals surface area (Å²) in [6.45, 7) is 0.830. The largest absolute Gasteiger partial charge is 0.396 e. The molecule has 0 aromatic rings. The topological polar surface area (TPSA) is 49.3 Å². The molecule has 1 amide bonds. The minimum absolute atomic E-state index is 0.0297. The highest BCUT2D eigenvalue weighted by Crippen LogP contribution is 2.44. The Kier molecular flexibility index (Phi) is 3.53. The van der Waals surface area contributed by atoms with Crippen LogP contribution in [0.3, 0.4) is 0 Å². The van der Waals surface area contributed by atoms with Gasteiger partial charge in [0.15, 0.2) is 0 Å². The van der Waals surface area contributed by atoms with Crippen LogP contribution in [0.15, 0.2) is 0 Å². The third kappa shape index (κ3) is 2.75. The summed E-state index contributed by atoms with van der Waals surface area (Å²) in [5, 5.41) is 12.4. The summed E-state index contributed by atoms with van der Waals surface area (Å²) < 4.78 is 0. The molecule has 3 nitrogen and oxygen atoms in total. The maximum Gasteiger partial charge on any atom is 0.220 e. The van der Waals surface area contributed by atoms with E-state index in [1.54, 1.807) is 0 Å². The molecule has 0 atom stereocenters.